The Hall–Kier alpha value is -1.49. The van der Waals surface area contributed by atoms with Crippen molar-refractivity contribution in [2.24, 2.45) is 0 Å². The zero-order valence-corrected chi connectivity index (χ0v) is 9.92. The number of aromatic amines is 1. The number of rotatable bonds is 6. The number of nitrogen functional groups attached to an aromatic ring is 1. The second-order valence-corrected chi connectivity index (χ2v) is 4.11. The number of unbranched alkanes of at least 4 members (excludes halogenated alkanes) is 1. The summed E-state index contributed by atoms with van der Waals surface area (Å²) in [5, 5.41) is 2.84. The zero-order valence-electron chi connectivity index (χ0n) is 9.92. The number of aromatic nitrogens is 1. The van der Waals surface area contributed by atoms with E-state index in [1.165, 1.54) is 0 Å². The molecule has 0 atom stereocenters. The normalized spacial score (nSPS) is 10.7. The Balaban J connectivity index is 2.16. The monoisotopic (exact) mass is 224 g/mol. The molecule has 16 heavy (non-hydrogen) atoms. The van der Waals surface area contributed by atoms with Crippen LogP contribution in [0.2, 0.25) is 0 Å². The summed E-state index contributed by atoms with van der Waals surface area (Å²) in [6.45, 7) is 1.75. The number of carbonyl (C=O) groups excluding carboxylic acids is 1. The van der Waals surface area contributed by atoms with Gasteiger partial charge in [-0.3, -0.25) is 4.79 Å². The van der Waals surface area contributed by atoms with E-state index in [1.54, 1.807) is 12.3 Å². The minimum Gasteiger partial charge on any atom is -0.397 e. The quantitative estimate of drug-likeness (QED) is 0.622. The maximum Gasteiger partial charge on any atom is 0.267 e. The lowest BCUT2D eigenvalue weighted by Gasteiger charge is -2.09. The molecule has 5 heteroatoms. The smallest absolute Gasteiger partial charge is 0.267 e. The fourth-order valence-corrected chi connectivity index (χ4v) is 1.39. The van der Waals surface area contributed by atoms with Gasteiger partial charge in [0.2, 0.25) is 0 Å². The largest absolute Gasteiger partial charge is 0.397 e. The molecule has 5 nitrogen and oxygen atoms in total. The molecule has 0 radical (unpaired) electrons. The van der Waals surface area contributed by atoms with E-state index in [1.807, 2.05) is 14.1 Å². The van der Waals surface area contributed by atoms with Crippen LogP contribution in [0.25, 0.3) is 0 Å². The predicted octanol–water partition coefficient (Wildman–Crippen LogP) is 0.669. The number of nitrogens with zero attached hydrogens (tertiary/aromatic N) is 1. The molecule has 0 unspecified atom stereocenters. The van der Waals surface area contributed by atoms with E-state index in [4.69, 9.17) is 5.73 Å². The van der Waals surface area contributed by atoms with Crippen LogP contribution >= 0.6 is 0 Å². The van der Waals surface area contributed by atoms with Gasteiger partial charge in [-0.25, -0.2) is 0 Å². The van der Waals surface area contributed by atoms with Crippen molar-refractivity contribution >= 4 is 11.6 Å². The van der Waals surface area contributed by atoms with Crippen LogP contribution in [0.5, 0.6) is 0 Å². The fourth-order valence-electron chi connectivity index (χ4n) is 1.39. The van der Waals surface area contributed by atoms with Crippen molar-refractivity contribution in [1.82, 2.24) is 15.2 Å². The molecule has 0 bridgehead atoms. The molecule has 0 spiro atoms. The number of nitrogens with one attached hydrogen (secondary N) is 2. The van der Waals surface area contributed by atoms with Gasteiger partial charge in [0.1, 0.15) is 5.69 Å². The van der Waals surface area contributed by atoms with Crippen LogP contribution in [0.1, 0.15) is 23.3 Å². The molecule has 1 aromatic rings. The molecular formula is C11H20N4O. The van der Waals surface area contributed by atoms with Gasteiger partial charge in [-0.05, 0) is 39.5 Å². The Morgan fingerprint density at radius 3 is 2.81 bits per heavy atom. The maximum atomic E-state index is 11.5. The van der Waals surface area contributed by atoms with Crippen LogP contribution in [-0.4, -0.2) is 43.0 Å². The zero-order chi connectivity index (χ0) is 12.0. The highest BCUT2D eigenvalue weighted by atomic mass is 16.1. The van der Waals surface area contributed by atoms with Crippen molar-refractivity contribution < 1.29 is 4.79 Å². The molecular weight excluding hydrogens is 204 g/mol. The Morgan fingerprint density at radius 2 is 2.25 bits per heavy atom. The van der Waals surface area contributed by atoms with Crippen LogP contribution in [0.4, 0.5) is 5.69 Å². The third-order valence-corrected chi connectivity index (χ3v) is 2.27. The van der Waals surface area contributed by atoms with Gasteiger partial charge in [-0.2, -0.15) is 0 Å². The number of nitrogens with two attached hydrogens (primary N) is 1. The Bertz CT molecular complexity index is 332. The first-order valence-electron chi connectivity index (χ1n) is 5.46. The average Bonchev–Trinajstić information content (AvgIpc) is 2.63. The molecule has 0 aliphatic heterocycles. The van der Waals surface area contributed by atoms with Gasteiger partial charge < -0.3 is 20.9 Å². The Morgan fingerprint density at radius 1 is 1.50 bits per heavy atom. The van der Waals surface area contributed by atoms with Crippen LogP contribution in [0.3, 0.4) is 0 Å². The van der Waals surface area contributed by atoms with Gasteiger partial charge in [0.25, 0.3) is 5.91 Å². The minimum absolute atomic E-state index is 0.0958. The number of hydrogen-bond donors (Lipinski definition) is 3. The first-order valence-corrected chi connectivity index (χ1v) is 5.46. The van der Waals surface area contributed by atoms with Crippen molar-refractivity contribution in [2.45, 2.75) is 12.8 Å². The third kappa shape index (κ3) is 4.35. The summed E-state index contributed by atoms with van der Waals surface area (Å²) in [5.74, 6) is -0.0958. The van der Waals surface area contributed by atoms with E-state index in [0.717, 1.165) is 19.4 Å². The summed E-state index contributed by atoms with van der Waals surface area (Å²) in [7, 11) is 4.08. The summed E-state index contributed by atoms with van der Waals surface area (Å²) in [5.41, 5.74) is 6.61. The summed E-state index contributed by atoms with van der Waals surface area (Å²) in [6.07, 6.45) is 3.68. The third-order valence-electron chi connectivity index (χ3n) is 2.27. The van der Waals surface area contributed by atoms with E-state index in [-0.39, 0.29) is 5.91 Å². The predicted molar refractivity (Wildman–Crippen MR) is 65.3 cm³/mol. The number of hydrogen-bond acceptors (Lipinski definition) is 3. The van der Waals surface area contributed by atoms with Gasteiger partial charge in [0, 0.05) is 18.4 Å². The highest BCUT2D eigenvalue weighted by Gasteiger charge is 2.05. The fraction of sp³-hybridized carbons (Fsp3) is 0.545. The first-order chi connectivity index (χ1) is 7.59. The van der Waals surface area contributed by atoms with Crippen molar-refractivity contribution in [2.75, 3.05) is 32.9 Å². The number of amides is 1. The van der Waals surface area contributed by atoms with Crippen molar-refractivity contribution in [3.63, 3.8) is 0 Å². The molecule has 0 aliphatic carbocycles. The minimum atomic E-state index is -0.0958. The molecule has 1 amide bonds. The van der Waals surface area contributed by atoms with Crippen molar-refractivity contribution in [1.29, 1.82) is 0 Å². The van der Waals surface area contributed by atoms with Crippen LogP contribution < -0.4 is 11.1 Å². The molecule has 0 fully saturated rings. The van der Waals surface area contributed by atoms with E-state index in [0.29, 0.717) is 17.9 Å². The molecule has 4 N–H and O–H groups in total. The summed E-state index contributed by atoms with van der Waals surface area (Å²) in [6, 6.07) is 1.63. The van der Waals surface area contributed by atoms with Gasteiger partial charge in [-0.1, -0.05) is 0 Å². The molecule has 0 aromatic carbocycles. The Kier molecular flexibility index (Phi) is 4.85. The van der Waals surface area contributed by atoms with Gasteiger partial charge in [0.15, 0.2) is 0 Å². The topological polar surface area (TPSA) is 74.2 Å². The lowest BCUT2D eigenvalue weighted by Crippen LogP contribution is -2.25. The van der Waals surface area contributed by atoms with Crippen molar-refractivity contribution in [3.05, 3.63) is 18.0 Å². The average molecular weight is 224 g/mol. The second-order valence-electron chi connectivity index (χ2n) is 4.11. The van der Waals surface area contributed by atoms with E-state index < -0.39 is 0 Å². The molecule has 0 saturated heterocycles. The van der Waals surface area contributed by atoms with Crippen LogP contribution in [0.15, 0.2) is 12.3 Å². The lowest BCUT2D eigenvalue weighted by atomic mass is 10.3. The highest BCUT2D eigenvalue weighted by molar-refractivity contribution is 5.93. The number of anilines is 1. The Labute approximate surface area is 96.0 Å². The molecule has 90 valence electrons. The second kappa shape index (κ2) is 6.17. The first kappa shape index (κ1) is 12.6. The number of carbonyl (C=O) groups is 1. The number of H-pyrrole nitrogens is 1. The lowest BCUT2D eigenvalue weighted by molar-refractivity contribution is 0.0948. The van der Waals surface area contributed by atoms with Crippen molar-refractivity contribution in [3.8, 4) is 0 Å². The van der Waals surface area contributed by atoms with E-state index in [9.17, 15) is 4.79 Å². The molecule has 1 heterocycles. The van der Waals surface area contributed by atoms with E-state index in [2.05, 4.69) is 15.2 Å². The summed E-state index contributed by atoms with van der Waals surface area (Å²) >= 11 is 0. The standard InChI is InChI=1S/C11H20N4O/c1-15(2)6-4-3-5-13-11(16)10-7-9(12)8-14-10/h7-8,14H,3-6,12H2,1-2H3,(H,13,16). The molecule has 1 rings (SSSR count). The van der Waals surface area contributed by atoms with E-state index >= 15 is 0 Å². The maximum absolute atomic E-state index is 11.5. The van der Waals surface area contributed by atoms with Gasteiger partial charge >= 0.3 is 0 Å². The highest BCUT2D eigenvalue weighted by Crippen LogP contribution is 2.03. The molecule has 0 aliphatic rings. The summed E-state index contributed by atoms with van der Waals surface area (Å²) in [4.78, 5) is 16.5. The van der Waals surface area contributed by atoms with Crippen LogP contribution in [-0.2, 0) is 0 Å². The van der Waals surface area contributed by atoms with Crippen LogP contribution in [0, 0.1) is 0 Å². The molecule has 1 aromatic heterocycles. The SMILES string of the molecule is CN(C)CCCCNC(=O)c1cc(N)c[nH]1. The summed E-state index contributed by atoms with van der Waals surface area (Å²) < 4.78 is 0. The molecule has 0 saturated carbocycles. The van der Waals surface area contributed by atoms with Gasteiger partial charge in [-0.15, -0.1) is 0 Å². The van der Waals surface area contributed by atoms with Gasteiger partial charge in [0.05, 0.1) is 0 Å².